The Hall–Kier alpha value is -2.45. The molecule has 2 N–H and O–H groups in total. The molecule has 2 amide bonds. The van der Waals surface area contributed by atoms with Crippen LogP contribution in [-0.2, 0) is 33.3 Å². The van der Waals surface area contributed by atoms with Gasteiger partial charge in [-0.1, -0.05) is 26.0 Å². The van der Waals surface area contributed by atoms with E-state index < -0.39 is 46.1 Å². The summed E-state index contributed by atoms with van der Waals surface area (Å²) in [5, 5.41) is 26.6. The Bertz CT molecular complexity index is 1560. The highest BCUT2D eigenvalue weighted by molar-refractivity contribution is 6.22. The maximum atomic E-state index is 14.1. The highest BCUT2D eigenvalue weighted by atomic mass is 16.5. The van der Waals surface area contributed by atoms with E-state index >= 15 is 0 Å². The number of para-hydroxylation sites is 1. The van der Waals surface area contributed by atoms with Gasteiger partial charge in [0.05, 0.1) is 48.3 Å². The summed E-state index contributed by atoms with van der Waals surface area (Å²) in [6.45, 7) is 4.95. The van der Waals surface area contributed by atoms with E-state index in [9.17, 15) is 24.6 Å². The average molecular weight is 683 g/mol. The Morgan fingerprint density at radius 1 is 1.04 bits per heavy atom. The van der Waals surface area contributed by atoms with Gasteiger partial charge in [-0.15, -0.1) is 0 Å². The van der Waals surface area contributed by atoms with Crippen LogP contribution >= 0.6 is 0 Å². The molecule has 1 spiro atoms. The molecule has 8 rings (SSSR count). The second-order valence-corrected chi connectivity index (χ2v) is 16.0. The standard InChI is InChI=1S/C37H50N2O10/c1-7-38-17-34(18-49-32(42)20-10-8-9-11-23(20)39-26(40)14-19(2)31(39)41)13-12-25(46-4)36-22-15-21-24(45-3)16-35(43,27(22)28(21)47-5)37(44,33(36)38)30(48-6)29(34)36/h8-11,19,21-22,24-25,27-30,33,43-44H,7,12-18H2,1-6H3/t19-,21+,22+,24-,25-,27+,28-,29?,30-,33+,34-,35+,36+,37-/m0/s1. The Labute approximate surface area is 287 Å². The predicted octanol–water partition coefficient (Wildman–Crippen LogP) is 2.04. The molecule has 7 fully saturated rings. The van der Waals surface area contributed by atoms with Crippen molar-refractivity contribution in [2.24, 2.45) is 40.4 Å². The number of hydrogen-bond donors (Lipinski definition) is 2. The van der Waals surface area contributed by atoms with Gasteiger partial charge in [0, 0.05) is 82.3 Å². The Kier molecular flexibility index (Phi) is 7.75. The molecule has 2 heterocycles. The average Bonchev–Trinajstić information content (AvgIpc) is 3.63. The summed E-state index contributed by atoms with van der Waals surface area (Å²) in [5.74, 6) is -2.47. The zero-order chi connectivity index (χ0) is 34.8. The number of fused-ring (bicyclic) bond motifs is 2. The highest BCUT2D eigenvalue weighted by Crippen LogP contribution is 2.80. The number of rotatable bonds is 9. The van der Waals surface area contributed by atoms with E-state index in [0.717, 1.165) is 11.3 Å². The number of aliphatic hydroxyl groups is 2. The van der Waals surface area contributed by atoms with E-state index in [1.807, 2.05) is 0 Å². The van der Waals surface area contributed by atoms with Gasteiger partial charge >= 0.3 is 5.97 Å². The number of ether oxygens (including phenoxy) is 5. The lowest BCUT2D eigenvalue weighted by molar-refractivity contribution is -0.320. The minimum atomic E-state index is -1.70. The van der Waals surface area contributed by atoms with Crippen LogP contribution in [0.25, 0.3) is 0 Å². The Morgan fingerprint density at radius 2 is 1.80 bits per heavy atom. The van der Waals surface area contributed by atoms with Gasteiger partial charge in [0.25, 0.3) is 0 Å². The van der Waals surface area contributed by atoms with Crippen molar-refractivity contribution in [2.75, 3.05) is 53.0 Å². The number of methoxy groups -OCH3 is 4. The minimum absolute atomic E-state index is 0.0358. The van der Waals surface area contributed by atoms with E-state index in [0.29, 0.717) is 25.9 Å². The molecule has 2 aliphatic heterocycles. The number of amides is 2. The third-order valence-corrected chi connectivity index (χ3v) is 14.5. The molecule has 2 saturated heterocycles. The monoisotopic (exact) mass is 682 g/mol. The number of benzene rings is 1. The first kappa shape index (κ1) is 33.7. The maximum Gasteiger partial charge on any atom is 0.340 e. The lowest BCUT2D eigenvalue weighted by Crippen LogP contribution is -2.82. The van der Waals surface area contributed by atoms with Crippen molar-refractivity contribution in [3.63, 3.8) is 0 Å². The van der Waals surface area contributed by atoms with Gasteiger partial charge < -0.3 is 33.9 Å². The highest BCUT2D eigenvalue weighted by Gasteiger charge is 2.91. The molecule has 12 nitrogen and oxygen atoms in total. The van der Waals surface area contributed by atoms with Crippen LogP contribution in [0.3, 0.4) is 0 Å². The first-order valence-corrected chi connectivity index (χ1v) is 17.9. The fourth-order valence-corrected chi connectivity index (χ4v) is 13.2. The molecule has 7 bridgehead atoms. The van der Waals surface area contributed by atoms with E-state index in [4.69, 9.17) is 23.7 Å². The van der Waals surface area contributed by atoms with Crippen molar-refractivity contribution in [1.29, 1.82) is 0 Å². The van der Waals surface area contributed by atoms with E-state index in [1.165, 1.54) is 0 Å². The summed E-state index contributed by atoms with van der Waals surface area (Å²) in [6, 6.07) is 6.12. The molecule has 1 aromatic carbocycles. The van der Waals surface area contributed by atoms with Gasteiger partial charge in [-0.2, -0.15) is 0 Å². The van der Waals surface area contributed by atoms with Crippen molar-refractivity contribution >= 4 is 23.5 Å². The molecular formula is C37H50N2O10. The third-order valence-electron chi connectivity index (χ3n) is 14.5. The number of likely N-dealkylation sites (N-methyl/N-ethyl adjacent to an activating group) is 1. The smallest absolute Gasteiger partial charge is 0.340 e. The number of carbonyl (C=O) groups is 3. The lowest BCUT2D eigenvalue weighted by atomic mass is 9.42. The predicted molar refractivity (Wildman–Crippen MR) is 174 cm³/mol. The minimum Gasteiger partial charge on any atom is -0.461 e. The summed E-state index contributed by atoms with van der Waals surface area (Å²) in [6.07, 6.45) is 0.813. The van der Waals surface area contributed by atoms with Crippen LogP contribution in [0.5, 0.6) is 0 Å². The fraction of sp³-hybridized carbons (Fsp3) is 0.757. The zero-order valence-corrected chi connectivity index (χ0v) is 29.3. The van der Waals surface area contributed by atoms with Gasteiger partial charge in [0.15, 0.2) is 0 Å². The summed E-state index contributed by atoms with van der Waals surface area (Å²) < 4.78 is 31.4. The largest absolute Gasteiger partial charge is 0.461 e. The molecule has 1 aromatic rings. The first-order chi connectivity index (χ1) is 23.4. The number of nitrogens with zero attached hydrogens (tertiary/aromatic N) is 2. The second-order valence-electron chi connectivity index (χ2n) is 16.0. The van der Waals surface area contributed by atoms with Crippen LogP contribution in [-0.4, -0.2) is 123 Å². The number of likely N-dealkylation sites (tertiary alicyclic amines) is 1. The molecule has 49 heavy (non-hydrogen) atoms. The van der Waals surface area contributed by atoms with E-state index in [1.54, 1.807) is 59.6 Å². The van der Waals surface area contributed by atoms with Crippen molar-refractivity contribution in [1.82, 2.24) is 4.90 Å². The molecule has 5 saturated carbocycles. The third kappa shape index (κ3) is 3.86. The number of esters is 1. The molecule has 7 aliphatic rings. The topological polar surface area (TPSA) is 144 Å². The number of piperidine rings is 1. The second kappa shape index (κ2) is 11.3. The molecule has 268 valence electrons. The van der Waals surface area contributed by atoms with Crippen molar-refractivity contribution < 1.29 is 48.3 Å². The SMILES string of the molecule is CCN1C[C@]2(COC(=O)c3ccccc3N3C(=O)C[C@H](C)C3=O)CC[C@H](OC)[C@]34C2[C@H](OC)[C@](O)([C@H]13)[C@@]1(O)C[C@H](OC)[C@H]2C[C@@H]4[C@@H]1[C@H]2OC. The van der Waals surface area contributed by atoms with Gasteiger partial charge in [0.1, 0.15) is 11.2 Å². The molecule has 14 atom stereocenters. The first-order valence-electron chi connectivity index (χ1n) is 17.9. The summed E-state index contributed by atoms with van der Waals surface area (Å²) in [5.41, 5.74) is -4.17. The molecule has 0 aromatic heterocycles. The van der Waals surface area contributed by atoms with Crippen LogP contribution < -0.4 is 4.90 Å². The Morgan fingerprint density at radius 3 is 2.43 bits per heavy atom. The normalized spacial score (nSPS) is 48.0. The molecule has 0 radical (unpaired) electrons. The van der Waals surface area contributed by atoms with Crippen LogP contribution in [0.15, 0.2) is 24.3 Å². The molecular weight excluding hydrogens is 632 g/mol. The van der Waals surface area contributed by atoms with Gasteiger partial charge in [-0.3, -0.25) is 14.5 Å². The van der Waals surface area contributed by atoms with E-state index in [-0.39, 0.29) is 84.5 Å². The summed E-state index contributed by atoms with van der Waals surface area (Å²) in [7, 11) is 6.70. The summed E-state index contributed by atoms with van der Waals surface area (Å²) in [4.78, 5) is 43.3. The quantitative estimate of drug-likeness (QED) is 0.292. The molecule has 1 unspecified atom stereocenters. The maximum absolute atomic E-state index is 14.1. The van der Waals surface area contributed by atoms with Crippen molar-refractivity contribution in [2.45, 2.75) is 87.6 Å². The van der Waals surface area contributed by atoms with Crippen LogP contribution in [0, 0.1) is 40.4 Å². The van der Waals surface area contributed by atoms with E-state index in [2.05, 4.69) is 11.8 Å². The van der Waals surface area contributed by atoms with Crippen molar-refractivity contribution in [3.8, 4) is 0 Å². The summed E-state index contributed by atoms with van der Waals surface area (Å²) >= 11 is 0. The fourth-order valence-electron chi connectivity index (χ4n) is 13.2. The number of anilines is 1. The molecule has 12 heteroatoms. The van der Waals surface area contributed by atoms with Crippen LogP contribution in [0.1, 0.15) is 56.3 Å². The zero-order valence-electron chi connectivity index (χ0n) is 29.3. The van der Waals surface area contributed by atoms with Gasteiger partial charge in [0.2, 0.25) is 11.8 Å². The Balaban J connectivity index is 1.23. The number of carbonyl (C=O) groups excluding carboxylic acids is 3. The number of hydrogen-bond acceptors (Lipinski definition) is 11. The van der Waals surface area contributed by atoms with Crippen LogP contribution in [0.2, 0.25) is 0 Å². The lowest BCUT2D eigenvalue weighted by Gasteiger charge is -2.70. The van der Waals surface area contributed by atoms with Gasteiger partial charge in [-0.25, -0.2) is 9.69 Å². The van der Waals surface area contributed by atoms with Crippen LogP contribution in [0.4, 0.5) is 5.69 Å². The molecule has 5 aliphatic carbocycles. The van der Waals surface area contributed by atoms with Crippen molar-refractivity contribution in [3.05, 3.63) is 29.8 Å². The van der Waals surface area contributed by atoms with Gasteiger partial charge in [-0.05, 0) is 43.9 Å². The number of imide groups is 1.